The Balaban J connectivity index is 2.35. The Morgan fingerprint density at radius 3 is 2.90 bits per heavy atom. The monoisotopic (exact) mass is 293 g/mol. The van der Waals surface area contributed by atoms with Crippen LogP contribution in [0.15, 0.2) is 18.2 Å². The molecule has 0 saturated carbocycles. The van der Waals surface area contributed by atoms with E-state index in [1.54, 1.807) is 6.07 Å². The average molecular weight is 293 g/mol. The fraction of sp³-hybridized carbons (Fsp3) is 0.467. The van der Waals surface area contributed by atoms with Gasteiger partial charge in [-0.3, -0.25) is 9.59 Å². The number of carbonyl (C=O) groups excluding carboxylic acids is 2. The summed E-state index contributed by atoms with van der Waals surface area (Å²) in [5, 5.41) is 5.63. The first-order chi connectivity index (χ1) is 10.1. The van der Waals surface area contributed by atoms with E-state index in [-0.39, 0.29) is 23.1 Å². The van der Waals surface area contributed by atoms with Gasteiger partial charge in [0.2, 0.25) is 5.91 Å². The van der Waals surface area contributed by atoms with Gasteiger partial charge >= 0.3 is 0 Å². The van der Waals surface area contributed by atoms with Crippen molar-refractivity contribution in [2.75, 3.05) is 25.0 Å². The molecule has 0 bridgehead atoms. The van der Waals surface area contributed by atoms with Gasteiger partial charge in [-0.05, 0) is 25.5 Å². The van der Waals surface area contributed by atoms with Crippen LogP contribution < -0.4 is 10.6 Å². The van der Waals surface area contributed by atoms with Crippen molar-refractivity contribution in [2.24, 2.45) is 0 Å². The number of halogens is 1. The summed E-state index contributed by atoms with van der Waals surface area (Å²) in [6, 6.07) is 3.91. The average Bonchev–Trinajstić information content (AvgIpc) is 2.48. The summed E-state index contributed by atoms with van der Waals surface area (Å²) in [6.07, 6.45) is 0.531. The smallest absolute Gasteiger partial charge is 0.256 e. The third kappa shape index (κ3) is 2.99. The zero-order valence-electron chi connectivity index (χ0n) is 12.3. The van der Waals surface area contributed by atoms with Gasteiger partial charge in [-0.1, -0.05) is 13.0 Å². The van der Waals surface area contributed by atoms with Crippen LogP contribution in [0.3, 0.4) is 0 Å². The van der Waals surface area contributed by atoms with E-state index in [1.807, 2.05) is 13.8 Å². The summed E-state index contributed by atoms with van der Waals surface area (Å²) < 4.78 is 13.9. The minimum Gasteiger partial charge on any atom is -0.382 e. The fourth-order valence-electron chi connectivity index (χ4n) is 2.58. The van der Waals surface area contributed by atoms with Crippen molar-refractivity contribution in [3.63, 3.8) is 0 Å². The second-order valence-corrected chi connectivity index (χ2v) is 4.91. The summed E-state index contributed by atoms with van der Waals surface area (Å²) >= 11 is 0. The molecule has 1 aromatic rings. The maximum absolute atomic E-state index is 13.9. The van der Waals surface area contributed by atoms with Gasteiger partial charge in [-0.15, -0.1) is 0 Å². The van der Waals surface area contributed by atoms with Gasteiger partial charge in [0.05, 0.1) is 11.3 Å². The number of para-hydroxylation sites is 1. The lowest BCUT2D eigenvalue weighted by Gasteiger charge is -2.35. The Labute approximate surface area is 123 Å². The van der Waals surface area contributed by atoms with Crippen LogP contribution in [0, 0.1) is 5.82 Å². The van der Waals surface area contributed by atoms with E-state index in [9.17, 15) is 14.0 Å². The van der Waals surface area contributed by atoms with E-state index < -0.39 is 11.9 Å². The number of amides is 2. The van der Waals surface area contributed by atoms with E-state index in [0.29, 0.717) is 26.1 Å². The minimum atomic E-state index is -0.496. The fourth-order valence-corrected chi connectivity index (χ4v) is 2.58. The Kier molecular flexibility index (Phi) is 4.77. The highest BCUT2D eigenvalue weighted by Gasteiger charge is 2.33. The SMILES string of the molecule is CCNc1c(F)cccc1C(=O)N1CCNC(=O)C1CC. The van der Waals surface area contributed by atoms with E-state index in [4.69, 9.17) is 0 Å². The predicted molar refractivity (Wildman–Crippen MR) is 78.7 cm³/mol. The van der Waals surface area contributed by atoms with Crippen LogP contribution in [-0.2, 0) is 4.79 Å². The van der Waals surface area contributed by atoms with Crippen LogP contribution in [0.25, 0.3) is 0 Å². The number of rotatable bonds is 4. The van der Waals surface area contributed by atoms with Crippen molar-refractivity contribution < 1.29 is 14.0 Å². The van der Waals surface area contributed by atoms with Crippen molar-refractivity contribution in [3.8, 4) is 0 Å². The first kappa shape index (κ1) is 15.3. The van der Waals surface area contributed by atoms with Gasteiger partial charge < -0.3 is 15.5 Å². The van der Waals surface area contributed by atoms with Crippen LogP contribution in [-0.4, -0.2) is 42.4 Å². The highest BCUT2D eigenvalue weighted by Crippen LogP contribution is 2.23. The van der Waals surface area contributed by atoms with Crippen LogP contribution in [0.4, 0.5) is 10.1 Å². The predicted octanol–water partition coefficient (Wildman–Crippen LogP) is 1.61. The molecular weight excluding hydrogens is 273 g/mol. The molecule has 1 fully saturated rings. The Morgan fingerprint density at radius 2 is 2.24 bits per heavy atom. The second kappa shape index (κ2) is 6.56. The first-order valence-electron chi connectivity index (χ1n) is 7.21. The number of carbonyl (C=O) groups is 2. The van der Waals surface area contributed by atoms with Crippen molar-refractivity contribution >= 4 is 17.5 Å². The van der Waals surface area contributed by atoms with Crippen LogP contribution in [0.5, 0.6) is 0 Å². The molecule has 5 nitrogen and oxygen atoms in total. The molecular formula is C15H20FN3O2. The quantitative estimate of drug-likeness (QED) is 0.886. The van der Waals surface area contributed by atoms with Crippen molar-refractivity contribution in [2.45, 2.75) is 26.3 Å². The molecule has 6 heteroatoms. The van der Waals surface area contributed by atoms with E-state index in [2.05, 4.69) is 10.6 Å². The largest absolute Gasteiger partial charge is 0.382 e. The van der Waals surface area contributed by atoms with E-state index in [0.717, 1.165) is 0 Å². The molecule has 2 amide bonds. The van der Waals surface area contributed by atoms with Crippen LogP contribution >= 0.6 is 0 Å². The number of anilines is 1. The van der Waals surface area contributed by atoms with Gasteiger partial charge in [-0.25, -0.2) is 4.39 Å². The molecule has 0 aliphatic carbocycles. The third-order valence-corrected chi connectivity index (χ3v) is 3.58. The molecule has 1 aromatic carbocycles. The van der Waals surface area contributed by atoms with Gasteiger partial charge in [0.1, 0.15) is 11.9 Å². The maximum atomic E-state index is 13.9. The molecule has 1 saturated heterocycles. The van der Waals surface area contributed by atoms with Crippen molar-refractivity contribution in [3.05, 3.63) is 29.6 Å². The van der Waals surface area contributed by atoms with Crippen LogP contribution in [0.1, 0.15) is 30.6 Å². The van der Waals surface area contributed by atoms with Gasteiger partial charge in [0, 0.05) is 19.6 Å². The normalized spacial score (nSPS) is 18.3. The lowest BCUT2D eigenvalue weighted by molar-refractivity contribution is -0.127. The number of nitrogens with one attached hydrogen (secondary N) is 2. The third-order valence-electron chi connectivity index (χ3n) is 3.58. The zero-order chi connectivity index (χ0) is 15.4. The maximum Gasteiger partial charge on any atom is 0.256 e. The minimum absolute atomic E-state index is 0.154. The zero-order valence-corrected chi connectivity index (χ0v) is 12.3. The molecule has 0 aromatic heterocycles. The Hall–Kier alpha value is -2.11. The highest BCUT2D eigenvalue weighted by molar-refractivity contribution is 6.02. The molecule has 1 heterocycles. The lowest BCUT2D eigenvalue weighted by Crippen LogP contribution is -2.57. The Morgan fingerprint density at radius 1 is 1.48 bits per heavy atom. The number of hydrogen-bond acceptors (Lipinski definition) is 3. The summed E-state index contributed by atoms with van der Waals surface area (Å²) in [6.45, 7) is 5.06. The highest BCUT2D eigenvalue weighted by atomic mass is 19.1. The molecule has 1 aliphatic rings. The van der Waals surface area contributed by atoms with Gasteiger partial charge in [0.25, 0.3) is 5.91 Å². The van der Waals surface area contributed by atoms with Crippen molar-refractivity contribution in [1.29, 1.82) is 0 Å². The standard InChI is InChI=1S/C15H20FN3O2/c1-3-12-14(20)18-8-9-19(12)15(21)10-6-5-7-11(16)13(10)17-4-2/h5-7,12,17H,3-4,8-9H2,1-2H3,(H,18,20). The summed E-state index contributed by atoms with van der Waals surface area (Å²) in [4.78, 5) is 26.1. The number of nitrogens with zero attached hydrogens (tertiary/aromatic N) is 1. The topological polar surface area (TPSA) is 61.4 Å². The second-order valence-electron chi connectivity index (χ2n) is 4.91. The molecule has 2 rings (SSSR count). The molecule has 21 heavy (non-hydrogen) atoms. The molecule has 1 unspecified atom stereocenters. The van der Waals surface area contributed by atoms with Crippen molar-refractivity contribution in [1.82, 2.24) is 10.2 Å². The number of hydrogen-bond donors (Lipinski definition) is 2. The molecule has 0 spiro atoms. The number of benzene rings is 1. The van der Waals surface area contributed by atoms with Gasteiger partial charge in [0.15, 0.2) is 0 Å². The van der Waals surface area contributed by atoms with E-state index >= 15 is 0 Å². The molecule has 1 aliphatic heterocycles. The van der Waals surface area contributed by atoms with Gasteiger partial charge in [-0.2, -0.15) is 0 Å². The summed E-state index contributed by atoms with van der Waals surface area (Å²) in [5.41, 5.74) is 0.468. The molecule has 1 atom stereocenters. The molecule has 0 radical (unpaired) electrons. The molecule has 2 N–H and O–H groups in total. The van der Waals surface area contributed by atoms with E-state index in [1.165, 1.54) is 17.0 Å². The van der Waals surface area contributed by atoms with Crippen LogP contribution in [0.2, 0.25) is 0 Å². The lowest BCUT2D eigenvalue weighted by atomic mass is 10.1. The Bertz CT molecular complexity index is 548. The summed E-state index contributed by atoms with van der Waals surface area (Å²) in [7, 11) is 0. The number of piperazine rings is 1. The summed E-state index contributed by atoms with van der Waals surface area (Å²) in [5.74, 6) is -0.928. The first-order valence-corrected chi connectivity index (χ1v) is 7.21. The molecule has 114 valence electrons.